The zero-order valence-electron chi connectivity index (χ0n) is 8.44. The molecule has 0 aliphatic carbocycles. The van der Waals surface area contributed by atoms with E-state index in [9.17, 15) is 0 Å². The lowest BCUT2D eigenvalue weighted by Gasteiger charge is -2.02. The summed E-state index contributed by atoms with van der Waals surface area (Å²) in [5, 5.41) is 8.78. The van der Waals surface area contributed by atoms with Gasteiger partial charge in [0.15, 0.2) is 0 Å². The average Bonchev–Trinajstić information content (AvgIpc) is 2.29. The molecule has 3 heteroatoms. The lowest BCUT2D eigenvalue weighted by molar-refractivity contribution is 0.983. The van der Waals surface area contributed by atoms with Gasteiger partial charge in [-0.15, -0.1) is 0 Å². The van der Waals surface area contributed by atoms with E-state index in [2.05, 4.69) is 50.4 Å². The van der Waals surface area contributed by atoms with Crippen molar-refractivity contribution >= 4 is 15.9 Å². The van der Waals surface area contributed by atoms with Crippen LogP contribution in [0.4, 0.5) is 0 Å². The molecule has 0 N–H and O–H groups in total. The summed E-state index contributed by atoms with van der Waals surface area (Å²) in [6, 6.07) is 10.5. The minimum atomic E-state index is 0.890. The van der Waals surface area contributed by atoms with Gasteiger partial charge in [0.25, 0.3) is 0 Å². The number of benzene rings is 1. The molecule has 0 saturated heterocycles. The quantitative estimate of drug-likeness (QED) is 0.776. The van der Waals surface area contributed by atoms with Crippen molar-refractivity contribution < 1.29 is 0 Å². The Labute approximate surface area is 97.5 Å². The van der Waals surface area contributed by atoms with Crippen LogP contribution in [0.3, 0.4) is 0 Å². The van der Waals surface area contributed by atoms with E-state index in [0.717, 1.165) is 16.6 Å². The highest BCUT2D eigenvalue weighted by atomic mass is 79.9. The normalized spacial score (nSPS) is 10.3. The van der Waals surface area contributed by atoms with Gasteiger partial charge in [0.05, 0.1) is 11.9 Å². The van der Waals surface area contributed by atoms with Crippen molar-refractivity contribution in [3.8, 4) is 11.1 Å². The topological polar surface area (TPSA) is 25.8 Å². The summed E-state index contributed by atoms with van der Waals surface area (Å²) in [5.41, 5.74) is 4.51. The molecular weight excluding hydrogens is 252 g/mol. The van der Waals surface area contributed by atoms with E-state index in [1.165, 1.54) is 11.1 Å². The molecular formula is C12H11BrN2. The number of halogens is 1. The van der Waals surface area contributed by atoms with Crippen molar-refractivity contribution in [2.24, 2.45) is 0 Å². The number of hydrogen-bond acceptors (Lipinski definition) is 2. The number of rotatable bonds is 2. The van der Waals surface area contributed by atoms with Crippen LogP contribution in [0.25, 0.3) is 11.1 Å². The van der Waals surface area contributed by atoms with Crippen molar-refractivity contribution in [1.29, 1.82) is 0 Å². The molecule has 15 heavy (non-hydrogen) atoms. The van der Waals surface area contributed by atoms with Crippen molar-refractivity contribution in [3.63, 3.8) is 0 Å². The second-order valence-electron chi connectivity index (χ2n) is 3.42. The van der Waals surface area contributed by atoms with Gasteiger partial charge in [0.2, 0.25) is 0 Å². The van der Waals surface area contributed by atoms with Crippen LogP contribution in [0, 0.1) is 6.92 Å². The predicted molar refractivity (Wildman–Crippen MR) is 64.8 cm³/mol. The fourth-order valence-electron chi connectivity index (χ4n) is 1.42. The molecule has 1 heterocycles. The summed E-state index contributed by atoms with van der Waals surface area (Å²) in [7, 11) is 0. The van der Waals surface area contributed by atoms with E-state index in [1.54, 1.807) is 6.20 Å². The molecule has 76 valence electrons. The molecule has 0 bridgehead atoms. The maximum Gasteiger partial charge on any atom is 0.0606 e. The van der Waals surface area contributed by atoms with Crippen LogP contribution in [-0.4, -0.2) is 10.2 Å². The average molecular weight is 263 g/mol. The van der Waals surface area contributed by atoms with E-state index in [-0.39, 0.29) is 0 Å². The first-order chi connectivity index (χ1) is 7.29. The third-order valence-electron chi connectivity index (χ3n) is 2.22. The molecule has 1 aromatic heterocycles. The number of alkyl halides is 1. The van der Waals surface area contributed by atoms with Crippen LogP contribution >= 0.6 is 15.9 Å². The Balaban J connectivity index is 2.37. The lowest BCUT2D eigenvalue weighted by Crippen LogP contribution is -1.87. The van der Waals surface area contributed by atoms with Crippen LogP contribution in [0.5, 0.6) is 0 Å². The maximum absolute atomic E-state index is 3.94. The highest BCUT2D eigenvalue weighted by molar-refractivity contribution is 9.08. The van der Waals surface area contributed by atoms with E-state index in [4.69, 9.17) is 0 Å². The van der Waals surface area contributed by atoms with Crippen molar-refractivity contribution in [1.82, 2.24) is 10.2 Å². The largest absolute Gasteiger partial charge is 0.158 e. The number of nitrogens with zero attached hydrogens (tertiary/aromatic N) is 2. The fourth-order valence-corrected chi connectivity index (χ4v) is 1.79. The number of hydrogen-bond donors (Lipinski definition) is 0. The summed E-state index contributed by atoms with van der Waals surface area (Å²) < 4.78 is 0. The van der Waals surface area contributed by atoms with Crippen LogP contribution in [0.1, 0.15) is 11.3 Å². The van der Waals surface area contributed by atoms with Gasteiger partial charge >= 0.3 is 0 Å². The van der Waals surface area contributed by atoms with Gasteiger partial charge in [-0.1, -0.05) is 40.2 Å². The molecule has 2 rings (SSSR count). The minimum Gasteiger partial charge on any atom is -0.158 e. The first-order valence-corrected chi connectivity index (χ1v) is 5.86. The molecule has 0 radical (unpaired) electrons. The summed E-state index contributed by atoms with van der Waals surface area (Å²) in [5.74, 6) is 0. The van der Waals surface area contributed by atoms with Crippen molar-refractivity contribution in [2.45, 2.75) is 12.3 Å². The zero-order chi connectivity index (χ0) is 10.7. The standard InChI is InChI=1S/C12H11BrN2/c1-9-6-12(8-14-15-9)11-4-2-10(7-13)3-5-11/h2-6,8H,7H2,1H3. The molecule has 0 aliphatic rings. The molecule has 1 aromatic carbocycles. The predicted octanol–water partition coefficient (Wildman–Crippen LogP) is 3.35. The van der Waals surface area contributed by atoms with Gasteiger partial charge in [-0.3, -0.25) is 0 Å². The number of aryl methyl sites for hydroxylation is 1. The molecule has 0 aliphatic heterocycles. The van der Waals surface area contributed by atoms with Crippen LogP contribution < -0.4 is 0 Å². The Morgan fingerprint density at radius 1 is 1.13 bits per heavy atom. The SMILES string of the molecule is Cc1cc(-c2ccc(CBr)cc2)cnn1. The van der Waals surface area contributed by atoms with E-state index < -0.39 is 0 Å². The Hall–Kier alpha value is -1.22. The Morgan fingerprint density at radius 2 is 1.87 bits per heavy atom. The Bertz CT molecular complexity index is 451. The summed E-state index contributed by atoms with van der Waals surface area (Å²) in [6.45, 7) is 1.95. The van der Waals surface area contributed by atoms with Crippen LogP contribution in [0.2, 0.25) is 0 Å². The molecule has 2 aromatic rings. The molecule has 0 amide bonds. The molecule has 0 saturated carbocycles. The second kappa shape index (κ2) is 4.53. The highest BCUT2D eigenvalue weighted by Crippen LogP contribution is 2.19. The fraction of sp³-hybridized carbons (Fsp3) is 0.167. The van der Waals surface area contributed by atoms with Gasteiger partial charge < -0.3 is 0 Å². The summed E-state index contributed by atoms with van der Waals surface area (Å²) in [6.07, 6.45) is 1.79. The smallest absolute Gasteiger partial charge is 0.0606 e. The monoisotopic (exact) mass is 262 g/mol. The Kier molecular flexibility index (Phi) is 3.11. The van der Waals surface area contributed by atoms with E-state index >= 15 is 0 Å². The van der Waals surface area contributed by atoms with Gasteiger partial charge in [-0.05, 0) is 24.1 Å². The second-order valence-corrected chi connectivity index (χ2v) is 3.98. The third-order valence-corrected chi connectivity index (χ3v) is 2.87. The van der Waals surface area contributed by atoms with E-state index in [0.29, 0.717) is 0 Å². The van der Waals surface area contributed by atoms with Gasteiger partial charge in [0.1, 0.15) is 0 Å². The first-order valence-electron chi connectivity index (χ1n) is 4.74. The zero-order valence-corrected chi connectivity index (χ0v) is 10.0. The molecule has 0 spiro atoms. The third kappa shape index (κ3) is 2.42. The molecule has 0 atom stereocenters. The van der Waals surface area contributed by atoms with Gasteiger partial charge in [-0.25, -0.2) is 0 Å². The van der Waals surface area contributed by atoms with Crippen molar-refractivity contribution in [3.05, 3.63) is 47.8 Å². The highest BCUT2D eigenvalue weighted by Gasteiger charge is 1.98. The van der Waals surface area contributed by atoms with E-state index in [1.807, 2.05) is 13.0 Å². The van der Waals surface area contributed by atoms with Crippen LogP contribution in [0.15, 0.2) is 36.5 Å². The molecule has 2 nitrogen and oxygen atoms in total. The van der Waals surface area contributed by atoms with Gasteiger partial charge in [-0.2, -0.15) is 10.2 Å². The number of aromatic nitrogens is 2. The van der Waals surface area contributed by atoms with Gasteiger partial charge in [0, 0.05) is 10.9 Å². The summed E-state index contributed by atoms with van der Waals surface area (Å²) in [4.78, 5) is 0. The van der Waals surface area contributed by atoms with Crippen molar-refractivity contribution in [2.75, 3.05) is 0 Å². The van der Waals surface area contributed by atoms with Crippen LogP contribution in [-0.2, 0) is 5.33 Å². The lowest BCUT2D eigenvalue weighted by atomic mass is 10.1. The molecule has 0 fully saturated rings. The maximum atomic E-state index is 3.94. The molecule has 0 unspecified atom stereocenters. The Morgan fingerprint density at radius 3 is 2.47 bits per heavy atom. The summed E-state index contributed by atoms with van der Waals surface area (Å²) >= 11 is 3.43. The minimum absolute atomic E-state index is 0.890. The first kappa shape index (κ1) is 10.3.